The molecule has 5 nitrogen and oxygen atoms in total. The van der Waals surface area contributed by atoms with Crippen molar-refractivity contribution in [3.05, 3.63) is 34.7 Å². The monoisotopic (exact) mass is 326 g/mol. The second kappa shape index (κ2) is 6.79. The summed E-state index contributed by atoms with van der Waals surface area (Å²) in [6.45, 7) is 1.93. The third kappa shape index (κ3) is 3.39. The van der Waals surface area contributed by atoms with E-state index in [1.54, 1.807) is 0 Å². The standard InChI is InChI=1S/C15H16ClFN2O3/c1-2-3-4-11(15(21)22)19-14(20)13-12(16)9-7-8(17)5-6-10(9)18-13/h5-7,11,18H,2-4H2,1H3,(H,19,20)(H,21,22). The lowest BCUT2D eigenvalue weighted by Gasteiger charge is -2.13. The van der Waals surface area contributed by atoms with Gasteiger partial charge >= 0.3 is 5.97 Å². The maximum atomic E-state index is 13.2. The molecule has 0 radical (unpaired) electrons. The molecule has 0 saturated heterocycles. The summed E-state index contributed by atoms with van der Waals surface area (Å²) in [6.07, 6.45) is 1.85. The predicted octanol–water partition coefficient (Wildman–Crippen LogP) is 3.33. The van der Waals surface area contributed by atoms with Crippen LogP contribution in [-0.2, 0) is 4.79 Å². The number of aliphatic carboxylic acids is 1. The van der Waals surface area contributed by atoms with E-state index >= 15 is 0 Å². The summed E-state index contributed by atoms with van der Waals surface area (Å²) >= 11 is 6.09. The van der Waals surface area contributed by atoms with E-state index < -0.39 is 23.7 Å². The van der Waals surface area contributed by atoms with E-state index in [2.05, 4.69) is 10.3 Å². The van der Waals surface area contributed by atoms with E-state index in [1.165, 1.54) is 18.2 Å². The van der Waals surface area contributed by atoms with Crippen LogP contribution in [0.1, 0.15) is 36.7 Å². The van der Waals surface area contributed by atoms with Crippen LogP contribution in [0, 0.1) is 5.82 Å². The number of halogens is 2. The smallest absolute Gasteiger partial charge is 0.326 e. The molecule has 0 bridgehead atoms. The second-order valence-electron chi connectivity index (χ2n) is 5.01. The van der Waals surface area contributed by atoms with Crippen LogP contribution in [0.2, 0.25) is 5.02 Å². The van der Waals surface area contributed by atoms with Crippen molar-refractivity contribution in [3.8, 4) is 0 Å². The van der Waals surface area contributed by atoms with Crippen molar-refractivity contribution >= 4 is 34.4 Å². The number of carboxylic acid groups (broad SMARTS) is 1. The van der Waals surface area contributed by atoms with Gasteiger partial charge in [0, 0.05) is 10.9 Å². The third-order valence-corrected chi connectivity index (χ3v) is 3.77. The zero-order chi connectivity index (χ0) is 16.3. The number of H-pyrrole nitrogens is 1. The number of unbranched alkanes of at least 4 members (excludes halogenated alkanes) is 1. The van der Waals surface area contributed by atoms with Crippen LogP contribution in [-0.4, -0.2) is 28.0 Å². The Morgan fingerprint density at radius 1 is 1.45 bits per heavy atom. The van der Waals surface area contributed by atoms with Crippen molar-refractivity contribution in [2.45, 2.75) is 32.2 Å². The predicted molar refractivity (Wildman–Crippen MR) is 81.7 cm³/mol. The first-order chi connectivity index (χ1) is 10.4. The lowest BCUT2D eigenvalue weighted by atomic mass is 10.1. The van der Waals surface area contributed by atoms with Crippen LogP contribution >= 0.6 is 11.6 Å². The molecule has 7 heteroatoms. The van der Waals surface area contributed by atoms with Gasteiger partial charge in [0.2, 0.25) is 0 Å². The van der Waals surface area contributed by atoms with Gasteiger partial charge in [0.1, 0.15) is 17.6 Å². The number of aromatic amines is 1. The van der Waals surface area contributed by atoms with Crippen LogP contribution in [0.5, 0.6) is 0 Å². The SMILES string of the molecule is CCCCC(NC(=O)c1[nH]c2ccc(F)cc2c1Cl)C(=O)O. The molecular weight excluding hydrogens is 311 g/mol. The van der Waals surface area contributed by atoms with Gasteiger partial charge in [-0.1, -0.05) is 31.4 Å². The molecule has 2 rings (SSSR count). The van der Waals surface area contributed by atoms with Crippen LogP contribution in [0.3, 0.4) is 0 Å². The summed E-state index contributed by atoms with van der Waals surface area (Å²) in [5, 5.41) is 12.0. The van der Waals surface area contributed by atoms with E-state index in [4.69, 9.17) is 16.7 Å². The average molecular weight is 327 g/mol. The molecule has 1 aromatic heterocycles. The van der Waals surface area contributed by atoms with Crippen molar-refractivity contribution < 1.29 is 19.1 Å². The first-order valence-electron chi connectivity index (χ1n) is 6.94. The van der Waals surface area contributed by atoms with Crippen molar-refractivity contribution in [3.63, 3.8) is 0 Å². The molecule has 1 heterocycles. The number of hydrogen-bond acceptors (Lipinski definition) is 2. The highest BCUT2D eigenvalue weighted by molar-refractivity contribution is 6.38. The molecule has 2 aromatic rings. The quantitative estimate of drug-likeness (QED) is 0.761. The normalized spacial score (nSPS) is 12.3. The molecule has 1 unspecified atom stereocenters. The molecule has 0 aliphatic heterocycles. The molecular formula is C15H16ClFN2O3. The second-order valence-corrected chi connectivity index (χ2v) is 5.39. The fraction of sp³-hybridized carbons (Fsp3) is 0.333. The number of aromatic nitrogens is 1. The van der Waals surface area contributed by atoms with Gasteiger partial charge in [-0.2, -0.15) is 0 Å². The van der Waals surface area contributed by atoms with Crippen LogP contribution < -0.4 is 5.32 Å². The summed E-state index contributed by atoms with van der Waals surface area (Å²) in [7, 11) is 0. The first kappa shape index (κ1) is 16.3. The molecule has 0 saturated carbocycles. The van der Waals surface area contributed by atoms with Gasteiger partial charge < -0.3 is 15.4 Å². The number of benzene rings is 1. The lowest BCUT2D eigenvalue weighted by molar-refractivity contribution is -0.139. The van der Waals surface area contributed by atoms with Gasteiger partial charge in [-0.25, -0.2) is 9.18 Å². The lowest BCUT2D eigenvalue weighted by Crippen LogP contribution is -2.40. The largest absolute Gasteiger partial charge is 0.480 e. The highest BCUT2D eigenvalue weighted by Gasteiger charge is 2.23. The van der Waals surface area contributed by atoms with E-state index in [9.17, 15) is 14.0 Å². The van der Waals surface area contributed by atoms with Crippen molar-refractivity contribution in [2.24, 2.45) is 0 Å². The molecule has 0 aliphatic rings. The number of rotatable bonds is 6. The van der Waals surface area contributed by atoms with E-state index in [-0.39, 0.29) is 10.7 Å². The highest BCUT2D eigenvalue weighted by atomic mass is 35.5. The Hall–Kier alpha value is -2.08. The third-order valence-electron chi connectivity index (χ3n) is 3.37. The fourth-order valence-corrected chi connectivity index (χ4v) is 2.47. The maximum Gasteiger partial charge on any atom is 0.326 e. The zero-order valence-electron chi connectivity index (χ0n) is 12.0. The van der Waals surface area contributed by atoms with Gasteiger partial charge in [-0.3, -0.25) is 4.79 Å². The molecule has 0 aliphatic carbocycles. The Labute approximate surface area is 131 Å². The molecule has 3 N–H and O–H groups in total. The summed E-state index contributed by atoms with van der Waals surface area (Å²) in [4.78, 5) is 26.2. The van der Waals surface area contributed by atoms with Gasteiger partial charge in [-0.05, 0) is 24.6 Å². The Morgan fingerprint density at radius 2 is 2.18 bits per heavy atom. The minimum atomic E-state index is -1.10. The number of fused-ring (bicyclic) bond motifs is 1. The molecule has 118 valence electrons. The molecule has 1 atom stereocenters. The van der Waals surface area contributed by atoms with Crippen molar-refractivity contribution in [1.82, 2.24) is 10.3 Å². The number of carbonyl (C=O) groups excluding carboxylic acids is 1. The summed E-state index contributed by atoms with van der Waals surface area (Å²) in [5.41, 5.74) is 0.544. The Kier molecular flexibility index (Phi) is 5.03. The van der Waals surface area contributed by atoms with E-state index in [0.717, 1.165) is 6.42 Å². The topological polar surface area (TPSA) is 82.2 Å². The van der Waals surface area contributed by atoms with Gasteiger partial charge in [0.05, 0.1) is 5.02 Å². The Bertz CT molecular complexity index is 714. The van der Waals surface area contributed by atoms with E-state index in [1.807, 2.05) is 6.92 Å². The number of carboxylic acids is 1. The van der Waals surface area contributed by atoms with Crippen LogP contribution in [0.25, 0.3) is 10.9 Å². The molecule has 1 amide bonds. The molecule has 22 heavy (non-hydrogen) atoms. The minimum absolute atomic E-state index is 0.0324. The molecule has 0 fully saturated rings. The molecule has 0 spiro atoms. The number of nitrogens with one attached hydrogen (secondary N) is 2. The fourth-order valence-electron chi connectivity index (χ4n) is 2.18. The molecule has 1 aromatic carbocycles. The Balaban J connectivity index is 2.25. The number of hydrogen-bond donors (Lipinski definition) is 3. The van der Waals surface area contributed by atoms with Crippen LogP contribution in [0.4, 0.5) is 4.39 Å². The maximum absolute atomic E-state index is 13.2. The summed E-state index contributed by atoms with van der Waals surface area (Å²) in [5.74, 6) is -2.18. The number of carbonyl (C=O) groups is 2. The van der Waals surface area contributed by atoms with Crippen LogP contribution in [0.15, 0.2) is 18.2 Å². The highest BCUT2D eigenvalue weighted by Crippen LogP contribution is 2.28. The zero-order valence-corrected chi connectivity index (χ0v) is 12.7. The summed E-state index contributed by atoms with van der Waals surface area (Å²) < 4.78 is 13.2. The van der Waals surface area contributed by atoms with Gasteiger partial charge in [0.25, 0.3) is 5.91 Å². The average Bonchev–Trinajstić information content (AvgIpc) is 2.80. The minimum Gasteiger partial charge on any atom is -0.480 e. The van der Waals surface area contributed by atoms with Gasteiger partial charge in [0.15, 0.2) is 0 Å². The van der Waals surface area contributed by atoms with Crippen molar-refractivity contribution in [1.29, 1.82) is 0 Å². The first-order valence-corrected chi connectivity index (χ1v) is 7.32. The Morgan fingerprint density at radius 3 is 2.82 bits per heavy atom. The van der Waals surface area contributed by atoms with Crippen molar-refractivity contribution in [2.75, 3.05) is 0 Å². The summed E-state index contributed by atoms with van der Waals surface area (Å²) in [6, 6.07) is 2.96. The van der Waals surface area contributed by atoms with E-state index in [0.29, 0.717) is 23.7 Å². The van der Waals surface area contributed by atoms with Gasteiger partial charge in [-0.15, -0.1) is 0 Å². The number of amides is 1.